The van der Waals surface area contributed by atoms with Gasteiger partial charge in [0.1, 0.15) is 5.60 Å². The van der Waals surface area contributed by atoms with Crippen LogP contribution in [0.1, 0.15) is 30.7 Å². The molecule has 3 nitrogen and oxygen atoms in total. The molecule has 0 atom stereocenters. The number of rotatable bonds is 1. The second-order valence-corrected chi connectivity index (χ2v) is 3.78. The van der Waals surface area contributed by atoms with Crippen molar-refractivity contribution in [3.05, 3.63) is 23.5 Å². The first kappa shape index (κ1) is 8.51. The molecule has 0 spiro atoms. The summed E-state index contributed by atoms with van der Waals surface area (Å²) in [5.74, 6) is 0. The van der Waals surface area contributed by atoms with Crippen molar-refractivity contribution in [3.63, 3.8) is 0 Å². The molecule has 2 rings (SSSR count). The molecule has 3 N–H and O–H groups in total. The predicted molar refractivity (Wildman–Crippen MR) is 51.1 cm³/mol. The average molecular weight is 178 g/mol. The highest BCUT2D eigenvalue weighted by Crippen LogP contribution is 2.42. The Morgan fingerprint density at radius 3 is 2.69 bits per heavy atom. The van der Waals surface area contributed by atoms with Gasteiger partial charge in [0, 0.05) is 5.69 Å². The fraction of sp³-hybridized carbons (Fsp3) is 0.500. The van der Waals surface area contributed by atoms with Gasteiger partial charge in [-0.1, -0.05) is 0 Å². The van der Waals surface area contributed by atoms with Crippen molar-refractivity contribution in [3.8, 4) is 0 Å². The molecule has 3 heteroatoms. The molecule has 1 aromatic rings. The smallest absolute Gasteiger partial charge is 0.109 e. The number of aromatic nitrogens is 1. The monoisotopic (exact) mass is 178 g/mol. The first-order chi connectivity index (χ1) is 6.12. The van der Waals surface area contributed by atoms with Crippen molar-refractivity contribution in [2.75, 3.05) is 5.73 Å². The maximum absolute atomic E-state index is 10.0. The summed E-state index contributed by atoms with van der Waals surface area (Å²) in [6.07, 6.45) is 2.63. The molecule has 0 bridgehead atoms. The standard InChI is InChI=1S/C10H14N2O/c1-7-3-4-8(11)9(12-7)10(13)5-2-6-10/h3-4,13H,2,5-6,11H2,1H3. The highest BCUT2D eigenvalue weighted by molar-refractivity contribution is 5.47. The van der Waals surface area contributed by atoms with Gasteiger partial charge in [-0.15, -0.1) is 0 Å². The van der Waals surface area contributed by atoms with Crippen molar-refractivity contribution in [1.29, 1.82) is 0 Å². The van der Waals surface area contributed by atoms with Crippen LogP contribution in [0.25, 0.3) is 0 Å². The molecule has 13 heavy (non-hydrogen) atoms. The Morgan fingerprint density at radius 2 is 2.15 bits per heavy atom. The minimum Gasteiger partial charge on any atom is -0.397 e. The Kier molecular flexibility index (Phi) is 1.77. The van der Waals surface area contributed by atoms with E-state index in [1.54, 1.807) is 0 Å². The summed E-state index contributed by atoms with van der Waals surface area (Å²) < 4.78 is 0. The highest BCUT2D eigenvalue weighted by atomic mass is 16.3. The molecule has 1 saturated carbocycles. The van der Waals surface area contributed by atoms with Gasteiger partial charge < -0.3 is 10.8 Å². The zero-order valence-corrected chi connectivity index (χ0v) is 7.75. The SMILES string of the molecule is Cc1ccc(N)c(C2(O)CCC2)n1. The van der Waals surface area contributed by atoms with Crippen molar-refractivity contribution >= 4 is 5.69 Å². The minimum atomic E-state index is -0.740. The Morgan fingerprint density at radius 1 is 1.46 bits per heavy atom. The summed E-state index contributed by atoms with van der Waals surface area (Å²) in [4.78, 5) is 4.29. The first-order valence-corrected chi connectivity index (χ1v) is 4.58. The van der Waals surface area contributed by atoms with Gasteiger partial charge >= 0.3 is 0 Å². The highest BCUT2D eigenvalue weighted by Gasteiger charge is 2.39. The normalized spacial score (nSPS) is 19.5. The lowest BCUT2D eigenvalue weighted by atomic mass is 9.77. The number of anilines is 1. The lowest BCUT2D eigenvalue weighted by Crippen LogP contribution is -2.35. The molecule has 1 fully saturated rings. The van der Waals surface area contributed by atoms with E-state index < -0.39 is 5.60 Å². The number of nitrogen functional groups attached to an aromatic ring is 1. The average Bonchev–Trinajstić information content (AvgIpc) is 2.05. The molecular weight excluding hydrogens is 164 g/mol. The molecule has 70 valence electrons. The van der Waals surface area contributed by atoms with E-state index in [2.05, 4.69) is 4.98 Å². The summed E-state index contributed by atoms with van der Waals surface area (Å²) in [7, 11) is 0. The van der Waals surface area contributed by atoms with Crippen LogP contribution >= 0.6 is 0 Å². The number of nitrogens with two attached hydrogens (primary N) is 1. The van der Waals surface area contributed by atoms with Crippen LogP contribution in [-0.2, 0) is 5.60 Å². The fourth-order valence-electron chi connectivity index (χ4n) is 1.69. The third-order valence-corrected chi connectivity index (χ3v) is 2.69. The van der Waals surface area contributed by atoms with Gasteiger partial charge in [0.25, 0.3) is 0 Å². The largest absolute Gasteiger partial charge is 0.397 e. The molecule has 0 unspecified atom stereocenters. The van der Waals surface area contributed by atoms with Crippen LogP contribution in [0, 0.1) is 6.92 Å². The van der Waals surface area contributed by atoms with Crippen LogP contribution in [0.2, 0.25) is 0 Å². The van der Waals surface area contributed by atoms with Crippen LogP contribution in [0.15, 0.2) is 12.1 Å². The molecule has 0 radical (unpaired) electrons. The Hall–Kier alpha value is -1.09. The van der Waals surface area contributed by atoms with E-state index in [1.165, 1.54) is 0 Å². The molecule has 1 aliphatic carbocycles. The summed E-state index contributed by atoms with van der Waals surface area (Å²) in [5, 5.41) is 10.0. The van der Waals surface area contributed by atoms with Crippen molar-refractivity contribution in [2.24, 2.45) is 0 Å². The number of aliphatic hydroxyl groups is 1. The summed E-state index contributed by atoms with van der Waals surface area (Å²) >= 11 is 0. The van der Waals surface area contributed by atoms with Crippen molar-refractivity contribution in [1.82, 2.24) is 4.98 Å². The molecule has 0 aliphatic heterocycles. The van der Waals surface area contributed by atoms with Gasteiger partial charge in [-0.2, -0.15) is 0 Å². The van der Waals surface area contributed by atoms with E-state index in [4.69, 9.17) is 5.73 Å². The number of nitrogens with zero attached hydrogens (tertiary/aromatic N) is 1. The maximum Gasteiger partial charge on any atom is 0.109 e. The molecular formula is C10H14N2O. The van der Waals surface area contributed by atoms with Crippen molar-refractivity contribution in [2.45, 2.75) is 31.8 Å². The van der Waals surface area contributed by atoms with E-state index in [-0.39, 0.29) is 0 Å². The lowest BCUT2D eigenvalue weighted by molar-refractivity contribution is -0.0419. The van der Waals surface area contributed by atoms with Gasteiger partial charge in [-0.3, -0.25) is 4.98 Å². The number of aryl methyl sites for hydroxylation is 1. The predicted octanol–water partition coefficient (Wildman–Crippen LogP) is 1.34. The summed E-state index contributed by atoms with van der Waals surface area (Å²) in [6, 6.07) is 3.68. The third-order valence-electron chi connectivity index (χ3n) is 2.69. The topological polar surface area (TPSA) is 59.1 Å². The molecule has 0 amide bonds. The molecule has 0 aromatic carbocycles. The van der Waals surface area contributed by atoms with E-state index in [1.807, 2.05) is 19.1 Å². The second-order valence-electron chi connectivity index (χ2n) is 3.78. The van der Waals surface area contributed by atoms with Crippen LogP contribution in [0.3, 0.4) is 0 Å². The van der Waals surface area contributed by atoms with Crippen LogP contribution in [-0.4, -0.2) is 10.1 Å². The van der Waals surface area contributed by atoms with E-state index in [0.717, 1.165) is 25.0 Å². The number of hydrogen-bond donors (Lipinski definition) is 2. The third kappa shape index (κ3) is 1.29. The molecule has 1 heterocycles. The van der Waals surface area contributed by atoms with Gasteiger partial charge in [0.15, 0.2) is 0 Å². The summed E-state index contributed by atoms with van der Waals surface area (Å²) in [5.41, 5.74) is 7.20. The van der Waals surface area contributed by atoms with E-state index in [9.17, 15) is 5.11 Å². The lowest BCUT2D eigenvalue weighted by Gasteiger charge is -2.36. The number of hydrogen-bond acceptors (Lipinski definition) is 3. The van der Waals surface area contributed by atoms with Gasteiger partial charge in [0.2, 0.25) is 0 Å². The Bertz CT molecular complexity index is 332. The van der Waals surface area contributed by atoms with E-state index in [0.29, 0.717) is 11.4 Å². The zero-order valence-electron chi connectivity index (χ0n) is 7.75. The molecule has 1 aliphatic rings. The van der Waals surface area contributed by atoms with Gasteiger partial charge in [-0.05, 0) is 38.3 Å². The minimum absolute atomic E-state index is 0.604. The van der Waals surface area contributed by atoms with Crippen LogP contribution in [0.4, 0.5) is 5.69 Å². The quantitative estimate of drug-likeness (QED) is 0.682. The second kappa shape index (κ2) is 2.70. The Balaban J connectivity index is 2.43. The zero-order chi connectivity index (χ0) is 9.47. The van der Waals surface area contributed by atoms with Gasteiger partial charge in [0.05, 0.1) is 11.4 Å². The number of pyridine rings is 1. The molecule has 0 saturated heterocycles. The Labute approximate surface area is 77.6 Å². The molecule has 1 aromatic heterocycles. The van der Waals surface area contributed by atoms with Crippen LogP contribution in [0.5, 0.6) is 0 Å². The fourth-order valence-corrected chi connectivity index (χ4v) is 1.69. The summed E-state index contributed by atoms with van der Waals surface area (Å²) in [6.45, 7) is 1.91. The maximum atomic E-state index is 10.0. The van der Waals surface area contributed by atoms with E-state index >= 15 is 0 Å². The van der Waals surface area contributed by atoms with Crippen molar-refractivity contribution < 1.29 is 5.11 Å². The van der Waals surface area contributed by atoms with Gasteiger partial charge in [-0.25, -0.2) is 0 Å². The van der Waals surface area contributed by atoms with Crippen LogP contribution < -0.4 is 5.73 Å². The first-order valence-electron chi connectivity index (χ1n) is 4.58.